The van der Waals surface area contributed by atoms with Gasteiger partial charge in [0, 0.05) is 32.0 Å². The van der Waals surface area contributed by atoms with Crippen LogP contribution in [0.5, 0.6) is 5.75 Å². The molecule has 3 rings (SSSR count). The summed E-state index contributed by atoms with van der Waals surface area (Å²) in [6.07, 6.45) is 8.41. The molecule has 2 heterocycles. The Balaban J connectivity index is 1.53. The predicted octanol–water partition coefficient (Wildman–Crippen LogP) is 2.83. The highest BCUT2D eigenvalue weighted by molar-refractivity contribution is 5.75. The Labute approximate surface area is 142 Å². The van der Waals surface area contributed by atoms with Crippen molar-refractivity contribution in [2.24, 2.45) is 0 Å². The fourth-order valence-corrected chi connectivity index (χ4v) is 3.18. The molecular formula is C18H24N4O2. The van der Waals surface area contributed by atoms with Crippen molar-refractivity contribution < 1.29 is 9.53 Å². The van der Waals surface area contributed by atoms with Crippen molar-refractivity contribution in [2.75, 3.05) is 20.2 Å². The number of benzene rings is 1. The third kappa shape index (κ3) is 3.88. The Kier molecular flexibility index (Phi) is 5.36. The highest BCUT2D eigenvalue weighted by Gasteiger charge is 2.29. The fraction of sp³-hybridized carbons (Fsp3) is 0.444. The first-order valence-corrected chi connectivity index (χ1v) is 8.42. The van der Waals surface area contributed by atoms with Gasteiger partial charge in [-0.25, -0.2) is 9.78 Å². The van der Waals surface area contributed by atoms with E-state index in [-0.39, 0.29) is 12.1 Å². The normalized spacial score (nSPS) is 17.0. The third-order valence-corrected chi connectivity index (χ3v) is 4.42. The summed E-state index contributed by atoms with van der Waals surface area (Å²) < 4.78 is 7.31. The molecule has 128 valence electrons. The molecule has 0 aliphatic carbocycles. The number of ether oxygens (including phenoxy) is 1. The number of aryl methyl sites for hydroxylation is 1. The lowest BCUT2D eigenvalue weighted by molar-refractivity contribution is 0.192. The van der Waals surface area contributed by atoms with Gasteiger partial charge in [-0.2, -0.15) is 0 Å². The second-order valence-corrected chi connectivity index (χ2v) is 6.01. The minimum Gasteiger partial charge on any atom is -0.497 e. The van der Waals surface area contributed by atoms with Crippen LogP contribution in [0.1, 0.15) is 30.9 Å². The van der Waals surface area contributed by atoms with Crippen LogP contribution in [-0.2, 0) is 6.54 Å². The Morgan fingerprint density at radius 3 is 3.17 bits per heavy atom. The Bertz CT molecular complexity index is 657. The fourth-order valence-electron chi connectivity index (χ4n) is 3.18. The van der Waals surface area contributed by atoms with Gasteiger partial charge in [-0.05, 0) is 37.0 Å². The number of carbonyl (C=O) groups excluding carboxylic acids is 1. The first-order valence-electron chi connectivity index (χ1n) is 8.42. The van der Waals surface area contributed by atoms with E-state index in [1.807, 2.05) is 33.9 Å². The van der Waals surface area contributed by atoms with Crippen LogP contribution < -0.4 is 10.1 Å². The summed E-state index contributed by atoms with van der Waals surface area (Å²) in [6.45, 7) is 2.33. The monoisotopic (exact) mass is 328 g/mol. The molecule has 0 unspecified atom stereocenters. The quantitative estimate of drug-likeness (QED) is 0.830. The molecule has 6 nitrogen and oxygen atoms in total. The second-order valence-electron chi connectivity index (χ2n) is 6.01. The molecule has 1 aliphatic heterocycles. The number of nitrogens with one attached hydrogen (secondary N) is 1. The summed E-state index contributed by atoms with van der Waals surface area (Å²) >= 11 is 0. The lowest BCUT2D eigenvalue weighted by Crippen LogP contribution is -2.40. The number of aromatic nitrogens is 2. The van der Waals surface area contributed by atoms with Gasteiger partial charge >= 0.3 is 6.03 Å². The minimum absolute atomic E-state index is 0.0194. The first kappa shape index (κ1) is 16.4. The van der Waals surface area contributed by atoms with Crippen molar-refractivity contribution in [2.45, 2.75) is 31.8 Å². The minimum atomic E-state index is 0.0194. The molecule has 0 saturated carbocycles. The summed E-state index contributed by atoms with van der Waals surface area (Å²) in [5.74, 6) is 0.833. The molecular weight excluding hydrogens is 304 g/mol. The van der Waals surface area contributed by atoms with Crippen molar-refractivity contribution in [3.05, 3.63) is 48.5 Å². The first-order chi connectivity index (χ1) is 11.8. The zero-order valence-corrected chi connectivity index (χ0v) is 14.0. The Hall–Kier alpha value is -2.50. The van der Waals surface area contributed by atoms with E-state index in [2.05, 4.69) is 16.4 Å². The number of hydrogen-bond donors (Lipinski definition) is 1. The average Bonchev–Trinajstić information content (AvgIpc) is 3.30. The van der Waals surface area contributed by atoms with E-state index in [1.165, 1.54) is 0 Å². The number of methoxy groups -OCH3 is 1. The maximum absolute atomic E-state index is 12.5. The van der Waals surface area contributed by atoms with Gasteiger partial charge in [0.1, 0.15) is 5.75 Å². The molecule has 1 aliphatic rings. The zero-order valence-electron chi connectivity index (χ0n) is 14.0. The number of urea groups is 1. The molecule has 1 aromatic carbocycles. The van der Waals surface area contributed by atoms with E-state index < -0.39 is 0 Å². The van der Waals surface area contributed by atoms with Gasteiger partial charge in [-0.15, -0.1) is 0 Å². The van der Waals surface area contributed by atoms with E-state index in [4.69, 9.17) is 4.74 Å². The molecule has 1 fully saturated rings. The molecule has 1 saturated heterocycles. The molecule has 2 aromatic rings. The summed E-state index contributed by atoms with van der Waals surface area (Å²) in [5.41, 5.74) is 1.14. The lowest BCUT2D eigenvalue weighted by atomic mass is 10.0. The van der Waals surface area contributed by atoms with Gasteiger partial charge in [-0.3, -0.25) is 0 Å². The van der Waals surface area contributed by atoms with Crippen LogP contribution in [0.15, 0.2) is 43.0 Å². The van der Waals surface area contributed by atoms with Crippen molar-refractivity contribution in [3.8, 4) is 5.75 Å². The third-order valence-electron chi connectivity index (χ3n) is 4.42. The largest absolute Gasteiger partial charge is 0.497 e. The zero-order chi connectivity index (χ0) is 16.8. The summed E-state index contributed by atoms with van der Waals surface area (Å²) in [5, 5.41) is 3.04. The van der Waals surface area contributed by atoms with Gasteiger partial charge in [0.05, 0.1) is 19.5 Å². The Morgan fingerprint density at radius 1 is 1.46 bits per heavy atom. The second kappa shape index (κ2) is 7.86. The molecule has 2 amide bonds. The number of carbonyl (C=O) groups is 1. The van der Waals surface area contributed by atoms with Crippen molar-refractivity contribution in [3.63, 3.8) is 0 Å². The molecule has 24 heavy (non-hydrogen) atoms. The maximum atomic E-state index is 12.5. The maximum Gasteiger partial charge on any atom is 0.317 e. The standard InChI is InChI=1S/C18H24N4O2/c1-24-16-6-2-5-15(13-16)17-7-3-11-22(17)18(23)20-8-4-10-21-12-9-19-14-21/h2,5-6,9,12-14,17H,3-4,7-8,10-11H2,1H3,(H,20,23)/t17-/m1/s1. The lowest BCUT2D eigenvalue weighted by Gasteiger charge is -2.25. The number of rotatable bonds is 6. The summed E-state index contributed by atoms with van der Waals surface area (Å²) in [4.78, 5) is 18.5. The van der Waals surface area contributed by atoms with Crippen LogP contribution in [0.2, 0.25) is 0 Å². The molecule has 1 atom stereocenters. The van der Waals surface area contributed by atoms with E-state index in [1.54, 1.807) is 19.6 Å². The summed E-state index contributed by atoms with van der Waals surface area (Å²) in [7, 11) is 1.67. The van der Waals surface area contributed by atoms with Crippen molar-refractivity contribution in [1.29, 1.82) is 0 Å². The van der Waals surface area contributed by atoms with Gasteiger partial charge in [-0.1, -0.05) is 12.1 Å². The number of amides is 2. The van der Waals surface area contributed by atoms with Gasteiger partial charge < -0.3 is 19.5 Å². The van der Waals surface area contributed by atoms with Crippen LogP contribution in [0.4, 0.5) is 4.79 Å². The molecule has 1 N–H and O–H groups in total. The van der Waals surface area contributed by atoms with Crippen LogP contribution >= 0.6 is 0 Å². The number of likely N-dealkylation sites (tertiary alicyclic amines) is 1. The molecule has 0 radical (unpaired) electrons. The highest BCUT2D eigenvalue weighted by Crippen LogP contribution is 2.33. The topological polar surface area (TPSA) is 59.4 Å². The van der Waals surface area contributed by atoms with Crippen LogP contribution in [0.3, 0.4) is 0 Å². The van der Waals surface area contributed by atoms with Gasteiger partial charge in [0.15, 0.2) is 0 Å². The molecule has 0 bridgehead atoms. The van der Waals surface area contributed by atoms with E-state index in [0.29, 0.717) is 6.54 Å². The SMILES string of the molecule is COc1cccc([C@H]2CCCN2C(=O)NCCCn2ccnc2)c1. The number of nitrogens with zero attached hydrogens (tertiary/aromatic N) is 3. The van der Waals surface area contributed by atoms with E-state index >= 15 is 0 Å². The van der Waals surface area contributed by atoms with Crippen molar-refractivity contribution in [1.82, 2.24) is 19.8 Å². The molecule has 1 aromatic heterocycles. The predicted molar refractivity (Wildman–Crippen MR) is 91.9 cm³/mol. The average molecular weight is 328 g/mol. The molecule has 0 spiro atoms. The van der Waals surface area contributed by atoms with E-state index in [9.17, 15) is 4.79 Å². The van der Waals surface area contributed by atoms with Crippen LogP contribution in [0, 0.1) is 0 Å². The van der Waals surface area contributed by atoms with Crippen LogP contribution in [-0.4, -0.2) is 40.7 Å². The molecule has 6 heteroatoms. The van der Waals surface area contributed by atoms with E-state index in [0.717, 1.165) is 43.7 Å². The van der Waals surface area contributed by atoms with Crippen molar-refractivity contribution >= 4 is 6.03 Å². The number of imidazole rings is 1. The highest BCUT2D eigenvalue weighted by atomic mass is 16.5. The van der Waals surface area contributed by atoms with Crippen LogP contribution in [0.25, 0.3) is 0 Å². The smallest absolute Gasteiger partial charge is 0.317 e. The summed E-state index contributed by atoms with van der Waals surface area (Å²) in [6, 6.07) is 8.15. The number of hydrogen-bond acceptors (Lipinski definition) is 3. The Morgan fingerprint density at radius 2 is 2.38 bits per heavy atom. The van der Waals surface area contributed by atoms with Gasteiger partial charge in [0.2, 0.25) is 0 Å². The van der Waals surface area contributed by atoms with Gasteiger partial charge in [0.25, 0.3) is 0 Å².